The molecule has 12 heteroatoms. The Kier molecular flexibility index (Phi) is 8.37. The molecule has 2 fully saturated rings. The minimum atomic E-state index is -5.08. The molecule has 3 rings (SSSR count). The first kappa shape index (κ1) is 23.5. The van der Waals surface area contributed by atoms with Crippen molar-refractivity contribution >= 4 is 23.2 Å². The second-order valence-electron chi connectivity index (χ2n) is 6.67. The molecule has 2 aliphatic rings. The zero-order valence-corrected chi connectivity index (χ0v) is 16.9. The van der Waals surface area contributed by atoms with Gasteiger partial charge < -0.3 is 19.9 Å². The first-order valence-corrected chi connectivity index (χ1v) is 9.87. The third-order valence-corrected chi connectivity index (χ3v) is 5.39. The lowest BCUT2D eigenvalue weighted by atomic mass is 10.1. The standard InChI is InChI=1S/C15H23N3O3S.C2HF3O2/c1-10-17-11(9-22-10)8-18-5-3-13-12(18)7-14(21-13)15(19)16-4-6-20-2;3-2(4,5)1(6)7/h9,12-14H,3-8H2,1-2H3,(H,16,19);(H,6,7)/t12-,13-,14-;/m0./s1. The third-order valence-electron chi connectivity index (χ3n) is 4.57. The predicted octanol–water partition coefficient (Wildman–Crippen LogP) is 1.58. The fourth-order valence-corrected chi connectivity index (χ4v) is 3.88. The number of ether oxygens (including phenoxy) is 2. The van der Waals surface area contributed by atoms with E-state index in [-0.39, 0.29) is 18.1 Å². The van der Waals surface area contributed by atoms with Crippen LogP contribution in [0.25, 0.3) is 0 Å². The molecule has 2 N–H and O–H groups in total. The highest BCUT2D eigenvalue weighted by atomic mass is 32.1. The van der Waals surface area contributed by atoms with Gasteiger partial charge in [0, 0.05) is 44.6 Å². The number of rotatable bonds is 6. The Hall–Kier alpha value is -1.76. The molecular weight excluding hydrogens is 415 g/mol. The van der Waals surface area contributed by atoms with Crippen molar-refractivity contribution in [2.45, 2.75) is 50.7 Å². The van der Waals surface area contributed by atoms with Crippen LogP contribution in [0.4, 0.5) is 13.2 Å². The van der Waals surface area contributed by atoms with Crippen molar-refractivity contribution < 1.29 is 37.3 Å². The highest BCUT2D eigenvalue weighted by molar-refractivity contribution is 7.09. The van der Waals surface area contributed by atoms with Gasteiger partial charge in [0.1, 0.15) is 6.10 Å². The Bertz CT molecular complexity index is 700. The number of halogens is 3. The predicted molar refractivity (Wildman–Crippen MR) is 97.5 cm³/mol. The van der Waals surface area contributed by atoms with Gasteiger partial charge in [-0.05, 0) is 13.3 Å². The van der Waals surface area contributed by atoms with E-state index in [0.29, 0.717) is 19.2 Å². The van der Waals surface area contributed by atoms with Gasteiger partial charge in [0.15, 0.2) is 0 Å². The number of fused-ring (bicyclic) bond motifs is 1. The molecule has 0 radical (unpaired) electrons. The van der Waals surface area contributed by atoms with Crippen LogP contribution < -0.4 is 5.32 Å². The van der Waals surface area contributed by atoms with Crippen molar-refractivity contribution in [1.29, 1.82) is 0 Å². The SMILES string of the molecule is COCCNC(=O)[C@@H]1C[C@H]2[C@H](CCN2Cc2csc(C)n2)O1.O=C(O)C(F)(F)F. The van der Waals surface area contributed by atoms with Crippen LogP contribution in [0.15, 0.2) is 5.38 Å². The maximum atomic E-state index is 12.1. The van der Waals surface area contributed by atoms with E-state index in [1.165, 1.54) is 0 Å². The van der Waals surface area contributed by atoms with Gasteiger partial charge in [-0.2, -0.15) is 13.2 Å². The van der Waals surface area contributed by atoms with Crippen LogP contribution >= 0.6 is 11.3 Å². The van der Waals surface area contributed by atoms with Crippen LogP contribution in [0.2, 0.25) is 0 Å². The van der Waals surface area contributed by atoms with Crippen molar-refractivity contribution in [2.75, 3.05) is 26.8 Å². The van der Waals surface area contributed by atoms with Gasteiger partial charge >= 0.3 is 12.1 Å². The van der Waals surface area contributed by atoms with E-state index in [4.69, 9.17) is 19.4 Å². The summed E-state index contributed by atoms with van der Waals surface area (Å²) in [4.78, 5) is 27.9. The molecule has 0 aromatic carbocycles. The van der Waals surface area contributed by atoms with Gasteiger partial charge in [-0.25, -0.2) is 9.78 Å². The maximum absolute atomic E-state index is 12.1. The number of nitrogens with zero attached hydrogens (tertiary/aromatic N) is 2. The number of nitrogens with one attached hydrogen (secondary N) is 1. The summed E-state index contributed by atoms with van der Waals surface area (Å²) in [6.07, 6.45) is -3.47. The van der Waals surface area contributed by atoms with Crippen molar-refractivity contribution in [1.82, 2.24) is 15.2 Å². The molecule has 0 spiro atoms. The summed E-state index contributed by atoms with van der Waals surface area (Å²) in [5.74, 6) is -2.77. The number of aliphatic carboxylic acids is 1. The number of thiazole rings is 1. The number of hydrogen-bond donors (Lipinski definition) is 2. The lowest BCUT2D eigenvalue weighted by molar-refractivity contribution is -0.192. The number of carbonyl (C=O) groups excluding carboxylic acids is 1. The Labute approximate surface area is 170 Å². The largest absolute Gasteiger partial charge is 0.490 e. The number of carbonyl (C=O) groups is 2. The smallest absolute Gasteiger partial charge is 0.475 e. The molecule has 2 saturated heterocycles. The first-order chi connectivity index (χ1) is 13.6. The Morgan fingerprint density at radius 3 is 2.72 bits per heavy atom. The molecular formula is C17H24F3N3O5S. The van der Waals surface area contributed by atoms with Gasteiger partial charge in [-0.3, -0.25) is 9.69 Å². The van der Waals surface area contributed by atoms with E-state index in [2.05, 4.69) is 20.6 Å². The van der Waals surface area contributed by atoms with Crippen LogP contribution in [0.5, 0.6) is 0 Å². The van der Waals surface area contributed by atoms with Crippen LogP contribution in [0, 0.1) is 6.92 Å². The Morgan fingerprint density at radius 1 is 1.48 bits per heavy atom. The highest BCUT2D eigenvalue weighted by Gasteiger charge is 2.45. The fourth-order valence-electron chi connectivity index (χ4n) is 3.28. The molecule has 3 atom stereocenters. The summed E-state index contributed by atoms with van der Waals surface area (Å²) in [5, 5.41) is 13.2. The minimum absolute atomic E-state index is 0.0177. The number of aryl methyl sites for hydroxylation is 1. The minimum Gasteiger partial charge on any atom is -0.475 e. The average molecular weight is 439 g/mol. The number of amides is 1. The molecule has 8 nitrogen and oxygen atoms in total. The van der Waals surface area contributed by atoms with Crippen LogP contribution in [-0.2, 0) is 25.6 Å². The molecule has 2 aliphatic heterocycles. The van der Waals surface area contributed by atoms with Crippen molar-refractivity contribution in [3.05, 3.63) is 16.1 Å². The number of carboxylic acid groups (broad SMARTS) is 1. The zero-order valence-electron chi connectivity index (χ0n) is 16.1. The van der Waals surface area contributed by atoms with Crippen LogP contribution in [0.1, 0.15) is 23.5 Å². The number of aromatic nitrogens is 1. The molecule has 29 heavy (non-hydrogen) atoms. The lowest BCUT2D eigenvalue weighted by Gasteiger charge is -2.21. The van der Waals surface area contributed by atoms with Crippen molar-refractivity contribution in [2.24, 2.45) is 0 Å². The van der Waals surface area contributed by atoms with Crippen LogP contribution in [-0.4, -0.2) is 78.1 Å². The monoisotopic (exact) mass is 439 g/mol. The van der Waals surface area contributed by atoms with Crippen molar-refractivity contribution in [3.8, 4) is 0 Å². The van der Waals surface area contributed by atoms with Crippen LogP contribution in [0.3, 0.4) is 0 Å². The van der Waals surface area contributed by atoms with E-state index in [0.717, 1.165) is 36.6 Å². The lowest BCUT2D eigenvalue weighted by Crippen LogP contribution is -2.37. The van der Waals surface area contributed by atoms with Gasteiger partial charge in [0.2, 0.25) is 5.91 Å². The second kappa shape index (κ2) is 10.3. The summed E-state index contributed by atoms with van der Waals surface area (Å²) in [5.41, 5.74) is 1.12. The maximum Gasteiger partial charge on any atom is 0.490 e. The first-order valence-electron chi connectivity index (χ1n) is 8.99. The molecule has 1 amide bonds. The Balaban J connectivity index is 0.000000370. The van der Waals surface area contributed by atoms with Gasteiger partial charge in [0.05, 0.1) is 23.4 Å². The molecule has 0 unspecified atom stereocenters. The number of likely N-dealkylation sites (tertiary alicyclic amines) is 1. The highest BCUT2D eigenvalue weighted by Crippen LogP contribution is 2.34. The molecule has 0 aliphatic carbocycles. The van der Waals surface area contributed by atoms with Gasteiger partial charge in [-0.15, -0.1) is 11.3 Å². The summed E-state index contributed by atoms with van der Waals surface area (Å²) in [7, 11) is 1.63. The van der Waals surface area contributed by atoms with Crippen molar-refractivity contribution in [3.63, 3.8) is 0 Å². The van der Waals surface area contributed by atoms with E-state index in [1.807, 2.05) is 6.92 Å². The second-order valence-corrected chi connectivity index (χ2v) is 7.73. The Morgan fingerprint density at radius 2 is 2.17 bits per heavy atom. The summed E-state index contributed by atoms with van der Waals surface area (Å²) in [6, 6.07) is 0.334. The summed E-state index contributed by atoms with van der Waals surface area (Å²) < 4.78 is 42.6. The number of alkyl halides is 3. The normalized spacial score (nSPS) is 24.0. The number of hydrogen-bond acceptors (Lipinski definition) is 7. The molecule has 164 valence electrons. The summed E-state index contributed by atoms with van der Waals surface area (Å²) >= 11 is 1.68. The van der Waals surface area contributed by atoms with E-state index >= 15 is 0 Å². The number of methoxy groups -OCH3 is 1. The fraction of sp³-hybridized carbons (Fsp3) is 0.706. The molecule has 1 aromatic heterocycles. The third kappa shape index (κ3) is 6.91. The topological polar surface area (TPSA) is 101 Å². The zero-order chi connectivity index (χ0) is 21.6. The molecule has 1 aromatic rings. The summed E-state index contributed by atoms with van der Waals surface area (Å²) in [6.45, 7) is 4.96. The van der Waals surface area contributed by atoms with Gasteiger partial charge in [0.25, 0.3) is 0 Å². The average Bonchev–Trinajstić information content (AvgIpc) is 3.32. The molecule has 3 heterocycles. The quantitative estimate of drug-likeness (QED) is 0.649. The molecule has 0 saturated carbocycles. The molecule has 0 bridgehead atoms. The van der Waals surface area contributed by atoms with E-state index in [9.17, 15) is 18.0 Å². The number of carboxylic acids is 1. The van der Waals surface area contributed by atoms with E-state index < -0.39 is 12.1 Å². The van der Waals surface area contributed by atoms with E-state index in [1.54, 1.807) is 18.4 Å². The van der Waals surface area contributed by atoms with Gasteiger partial charge in [-0.1, -0.05) is 0 Å².